The van der Waals surface area contributed by atoms with Crippen LogP contribution in [0, 0.1) is 0 Å². The van der Waals surface area contributed by atoms with E-state index in [1.54, 1.807) is 42.5 Å². The molecule has 0 radical (unpaired) electrons. The lowest BCUT2D eigenvalue weighted by molar-refractivity contribution is 0.0925. The average Bonchev–Trinajstić information content (AvgIpc) is 2.74. The van der Waals surface area contributed by atoms with Gasteiger partial charge in [-0.2, -0.15) is 0 Å². The molecule has 3 rings (SSSR count). The number of carbonyl (C=O) groups is 2. The lowest BCUT2D eigenvalue weighted by atomic mass is 10.1. The summed E-state index contributed by atoms with van der Waals surface area (Å²) in [5.74, 6) is -0.381. The standard InChI is InChI=1S/C16H12ClNO3/c1-2-21-14-12(17)8-5-9-13(14)18-15(19)10-6-3-4-7-11(10)16(18)20/h3-9H,2H2,1H3. The molecular formula is C16H12ClNO3. The molecule has 0 bridgehead atoms. The van der Waals surface area contributed by atoms with Crippen LogP contribution in [-0.4, -0.2) is 18.4 Å². The summed E-state index contributed by atoms with van der Waals surface area (Å²) in [6, 6.07) is 11.7. The zero-order chi connectivity index (χ0) is 15.0. The smallest absolute Gasteiger partial charge is 0.266 e. The molecule has 0 aliphatic carbocycles. The second-order valence-electron chi connectivity index (χ2n) is 4.51. The topological polar surface area (TPSA) is 46.6 Å². The lowest BCUT2D eigenvalue weighted by Crippen LogP contribution is -2.29. The van der Waals surface area contributed by atoms with E-state index in [1.807, 2.05) is 6.92 Å². The average molecular weight is 302 g/mol. The second kappa shape index (κ2) is 5.22. The van der Waals surface area contributed by atoms with Crippen LogP contribution in [0.4, 0.5) is 5.69 Å². The first-order chi connectivity index (χ1) is 10.1. The fraction of sp³-hybridized carbons (Fsp3) is 0.125. The first kappa shape index (κ1) is 13.6. The van der Waals surface area contributed by atoms with Gasteiger partial charge in [0, 0.05) is 0 Å². The lowest BCUT2D eigenvalue weighted by Gasteiger charge is -2.18. The van der Waals surface area contributed by atoms with Gasteiger partial charge in [-0.1, -0.05) is 29.8 Å². The summed E-state index contributed by atoms with van der Waals surface area (Å²) in [5.41, 5.74) is 1.16. The maximum absolute atomic E-state index is 12.5. The number of nitrogens with zero attached hydrogens (tertiary/aromatic N) is 1. The molecule has 0 aromatic heterocycles. The molecule has 0 unspecified atom stereocenters. The minimum Gasteiger partial charge on any atom is -0.490 e. The van der Waals surface area contributed by atoms with Crippen molar-refractivity contribution in [1.82, 2.24) is 0 Å². The Morgan fingerprint density at radius 2 is 1.62 bits per heavy atom. The van der Waals surface area contributed by atoms with Crippen molar-refractivity contribution >= 4 is 29.1 Å². The van der Waals surface area contributed by atoms with E-state index >= 15 is 0 Å². The first-order valence-electron chi connectivity index (χ1n) is 6.54. The van der Waals surface area contributed by atoms with Crippen molar-refractivity contribution in [3.8, 4) is 5.75 Å². The third kappa shape index (κ3) is 2.08. The van der Waals surface area contributed by atoms with E-state index in [-0.39, 0.29) is 11.8 Å². The molecule has 1 aliphatic rings. The molecule has 106 valence electrons. The van der Waals surface area contributed by atoms with Crippen molar-refractivity contribution in [3.63, 3.8) is 0 Å². The molecule has 0 atom stereocenters. The summed E-state index contributed by atoms with van der Waals surface area (Å²) in [6.07, 6.45) is 0. The predicted octanol–water partition coefficient (Wildman–Crippen LogP) is 3.54. The van der Waals surface area contributed by atoms with Gasteiger partial charge in [-0.25, -0.2) is 4.90 Å². The van der Waals surface area contributed by atoms with Gasteiger partial charge in [-0.3, -0.25) is 9.59 Å². The van der Waals surface area contributed by atoms with Crippen LogP contribution in [0.25, 0.3) is 0 Å². The SMILES string of the molecule is CCOc1c(Cl)cccc1N1C(=O)c2ccccc2C1=O. The van der Waals surface area contributed by atoms with E-state index in [4.69, 9.17) is 16.3 Å². The summed E-state index contributed by atoms with van der Waals surface area (Å²) in [7, 11) is 0. The zero-order valence-corrected chi connectivity index (χ0v) is 12.1. The van der Waals surface area contributed by atoms with Gasteiger partial charge in [0.05, 0.1) is 28.4 Å². The van der Waals surface area contributed by atoms with Crippen molar-refractivity contribution in [3.05, 3.63) is 58.6 Å². The monoisotopic (exact) mass is 301 g/mol. The Bertz CT molecular complexity index is 707. The largest absolute Gasteiger partial charge is 0.490 e. The van der Waals surface area contributed by atoms with Crippen molar-refractivity contribution in [2.24, 2.45) is 0 Å². The Hall–Kier alpha value is -2.33. The third-order valence-corrected chi connectivity index (χ3v) is 3.57. The molecule has 1 heterocycles. The molecule has 21 heavy (non-hydrogen) atoms. The van der Waals surface area contributed by atoms with Crippen LogP contribution in [0.15, 0.2) is 42.5 Å². The second-order valence-corrected chi connectivity index (χ2v) is 4.92. The van der Waals surface area contributed by atoms with Gasteiger partial charge in [-0.05, 0) is 31.2 Å². The molecule has 2 amide bonds. The molecule has 0 spiro atoms. The number of fused-ring (bicyclic) bond motifs is 1. The highest BCUT2D eigenvalue weighted by molar-refractivity contribution is 6.36. The normalized spacial score (nSPS) is 13.5. The molecule has 4 nitrogen and oxygen atoms in total. The van der Waals surface area contributed by atoms with E-state index in [1.165, 1.54) is 0 Å². The fourth-order valence-electron chi connectivity index (χ4n) is 2.37. The number of anilines is 1. The zero-order valence-electron chi connectivity index (χ0n) is 11.3. The number of carbonyl (C=O) groups excluding carboxylic acids is 2. The van der Waals surface area contributed by atoms with Gasteiger partial charge < -0.3 is 4.74 Å². The molecule has 0 saturated heterocycles. The van der Waals surface area contributed by atoms with Crippen LogP contribution >= 0.6 is 11.6 Å². The summed E-state index contributed by atoms with van der Waals surface area (Å²) in [4.78, 5) is 26.1. The summed E-state index contributed by atoms with van der Waals surface area (Å²) in [5, 5.41) is 0.367. The number of amides is 2. The van der Waals surface area contributed by atoms with Crippen molar-refractivity contribution in [2.45, 2.75) is 6.92 Å². The van der Waals surface area contributed by atoms with E-state index in [0.717, 1.165) is 4.90 Å². The van der Waals surface area contributed by atoms with E-state index < -0.39 is 0 Å². The van der Waals surface area contributed by atoms with Gasteiger partial charge in [0.2, 0.25) is 0 Å². The van der Waals surface area contributed by atoms with Gasteiger partial charge in [0.1, 0.15) is 0 Å². The number of imide groups is 1. The number of para-hydroxylation sites is 1. The highest BCUT2D eigenvalue weighted by Gasteiger charge is 2.38. The van der Waals surface area contributed by atoms with Crippen molar-refractivity contribution in [2.75, 3.05) is 11.5 Å². The Morgan fingerprint density at radius 3 is 2.19 bits per heavy atom. The van der Waals surface area contributed by atoms with Gasteiger partial charge in [0.15, 0.2) is 5.75 Å². The maximum Gasteiger partial charge on any atom is 0.266 e. The van der Waals surface area contributed by atoms with Gasteiger partial charge in [0.25, 0.3) is 11.8 Å². The number of ether oxygens (including phenoxy) is 1. The number of benzene rings is 2. The van der Waals surface area contributed by atoms with Crippen LogP contribution < -0.4 is 9.64 Å². The molecule has 0 saturated carbocycles. The summed E-state index contributed by atoms with van der Waals surface area (Å²) < 4.78 is 5.50. The Balaban J connectivity index is 2.13. The Kier molecular flexibility index (Phi) is 3.39. The van der Waals surface area contributed by atoms with Crippen LogP contribution in [0.3, 0.4) is 0 Å². The molecule has 1 aliphatic heterocycles. The van der Waals surface area contributed by atoms with Crippen LogP contribution in [0.1, 0.15) is 27.6 Å². The molecule has 2 aromatic rings. The van der Waals surface area contributed by atoms with Crippen molar-refractivity contribution < 1.29 is 14.3 Å². The van der Waals surface area contributed by atoms with E-state index in [0.29, 0.717) is 34.2 Å². The minimum absolute atomic E-state index is 0.344. The first-order valence-corrected chi connectivity index (χ1v) is 6.92. The molecule has 5 heteroatoms. The molecule has 2 aromatic carbocycles. The summed E-state index contributed by atoms with van der Waals surface area (Å²) in [6.45, 7) is 2.20. The Morgan fingerprint density at radius 1 is 1.00 bits per heavy atom. The van der Waals surface area contributed by atoms with Crippen LogP contribution in [-0.2, 0) is 0 Å². The van der Waals surface area contributed by atoms with Crippen molar-refractivity contribution in [1.29, 1.82) is 0 Å². The predicted molar refractivity (Wildman–Crippen MR) is 80.2 cm³/mol. The number of hydrogen-bond donors (Lipinski definition) is 0. The number of rotatable bonds is 3. The fourth-order valence-corrected chi connectivity index (χ4v) is 2.59. The molecular weight excluding hydrogens is 290 g/mol. The third-order valence-electron chi connectivity index (χ3n) is 3.27. The maximum atomic E-state index is 12.5. The number of halogens is 1. The highest BCUT2D eigenvalue weighted by Crippen LogP contribution is 2.39. The Labute approximate surface area is 126 Å². The molecule has 0 N–H and O–H groups in total. The minimum atomic E-state index is -0.362. The highest BCUT2D eigenvalue weighted by atomic mass is 35.5. The van der Waals surface area contributed by atoms with E-state index in [2.05, 4.69) is 0 Å². The summed E-state index contributed by atoms with van der Waals surface area (Å²) >= 11 is 6.12. The number of hydrogen-bond acceptors (Lipinski definition) is 3. The molecule has 0 fully saturated rings. The van der Waals surface area contributed by atoms with Crippen LogP contribution in [0.2, 0.25) is 5.02 Å². The quantitative estimate of drug-likeness (QED) is 0.815. The van der Waals surface area contributed by atoms with Gasteiger partial charge >= 0.3 is 0 Å². The van der Waals surface area contributed by atoms with Crippen LogP contribution in [0.5, 0.6) is 5.75 Å². The van der Waals surface area contributed by atoms with E-state index in [9.17, 15) is 9.59 Å². The van der Waals surface area contributed by atoms with Gasteiger partial charge in [-0.15, -0.1) is 0 Å².